The molecule has 5 nitrogen and oxygen atoms in total. The lowest BCUT2D eigenvalue weighted by Gasteiger charge is -2.11. The fourth-order valence-corrected chi connectivity index (χ4v) is 2.99. The summed E-state index contributed by atoms with van der Waals surface area (Å²) in [6.07, 6.45) is 1.55. The third kappa shape index (κ3) is 4.08. The topological polar surface area (TPSA) is 59.9 Å². The molecule has 0 aliphatic carbocycles. The van der Waals surface area contributed by atoms with Crippen molar-refractivity contribution in [2.24, 2.45) is 5.10 Å². The van der Waals surface area contributed by atoms with E-state index in [0.717, 1.165) is 10.0 Å². The summed E-state index contributed by atoms with van der Waals surface area (Å²) in [4.78, 5) is 12.4. The van der Waals surface area contributed by atoms with Crippen molar-refractivity contribution in [3.05, 3.63) is 44.6 Å². The molecule has 1 N–H and O–H groups in total. The molecule has 1 aromatic heterocycles. The van der Waals surface area contributed by atoms with E-state index in [1.54, 1.807) is 25.5 Å². The molecule has 2 rings (SSSR count). The van der Waals surface area contributed by atoms with Crippen LogP contribution in [0, 0.1) is 0 Å². The molecule has 1 amide bonds. The molecule has 0 saturated carbocycles. The van der Waals surface area contributed by atoms with Crippen molar-refractivity contribution in [3.8, 4) is 11.5 Å². The lowest BCUT2D eigenvalue weighted by Crippen LogP contribution is -2.16. The van der Waals surface area contributed by atoms with E-state index in [2.05, 4.69) is 26.5 Å². The van der Waals surface area contributed by atoms with Gasteiger partial charge in [-0.15, -0.1) is 11.3 Å². The first-order chi connectivity index (χ1) is 10.7. The Kier molecular flexibility index (Phi) is 5.97. The number of hydrogen-bond donors (Lipinski definition) is 1. The maximum Gasteiger partial charge on any atom is 0.281 e. The Bertz CT molecular complexity index is 672. The van der Waals surface area contributed by atoms with Gasteiger partial charge in [0.1, 0.15) is 0 Å². The van der Waals surface area contributed by atoms with Crippen LogP contribution in [0.2, 0.25) is 0 Å². The summed E-state index contributed by atoms with van der Waals surface area (Å²) in [6, 6.07) is 7.20. The Morgan fingerprint density at radius 3 is 2.95 bits per heavy atom. The van der Waals surface area contributed by atoms with Crippen LogP contribution >= 0.6 is 27.3 Å². The molecule has 0 fully saturated rings. The van der Waals surface area contributed by atoms with Crippen LogP contribution in [0.4, 0.5) is 0 Å². The van der Waals surface area contributed by atoms with Crippen molar-refractivity contribution >= 4 is 39.4 Å². The minimum absolute atomic E-state index is 0.233. The summed E-state index contributed by atoms with van der Waals surface area (Å²) in [6.45, 7) is 2.42. The van der Waals surface area contributed by atoms with Crippen molar-refractivity contribution in [1.82, 2.24) is 5.43 Å². The molecule has 7 heteroatoms. The normalized spacial score (nSPS) is 10.7. The summed E-state index contributed by atoms with van der Waals surface area (Å²) in [5, 5.41) is 5.80. The number of ether oxygens (including phenoxy) is 2. The van der Waals surface area contributed by atoms with Crippen LogP contribution < -0.4 is 14.9 Å². The van der Waals surface area contributed by atoms with E-state index in [1.165, 1.54) is 11.3 Å². The van der Waals surface area contributed by atoms with Crippen LogP contribution in [0.3, 0.4) is 0 Å². The van der Waals surface area contributed by atoms with Gasteiger partial charge in [-0.3, -0.25) is 4.79 Å². The fraction of sp³-hybridized carbons (Fsp3) is 0.200. The molecule has 2 aromatic rings. The van der Waals surface area contributed by atoms with Crippen molar-refractivity contribution in [2.45, 2.75) is 6.92 Å². The highest BCUT2D eigenvalue weighted by Gasteiger charge is 2.10. The standard InChI is InChI=1S/C15H15BrN2O3S/c1-3-21-12-8-10(7-11(16)14(12)20-2)9-17-18-15(19)13-5-4-6-22-13/h4-9H,3H2,1-2H3,(H,18,19)/b17-9-. The van der Waals surface area contributed by atoms with Crippen LogP contribution in [-0.2, 0) is 0 Å². The third-order valence-corrected chi connectivity index (χ3v) is 4.12. The molecule has 0 spiro atoms. The second kappa shape index (κ2) is 7.95. The maximum absolute atomic E-state index is 11.8. The van der Waals surface area contributed by atoms with Gasteiger partial charge in [0.15, 0.2) is 11.5 Å². The lowest BCUT2D eigenvalue weighted by molar-refractivity contribution is 0.0959. The fourth-order valence-electron chi connectivity index (χ4n) is 1.75. The van der Waals surface area contributed by atoms with Crippen LogP contribution in [0.1, 0.15) is 22.2 Å². The van der Waals surface area contributed by atoms with Crippen LogP contribution in [0.5, 0.6) is 11.5 Å². The maximum atomic E-state index is 11.8. The highest BCUT2D eigenvalue weighted by atomic mass is 79.9. The van der Waals surface area contributed by atoms with Gasteiger partial charge in [-0.2, -0.15) is 5.10 Å². The zero-order valence-corrected chi connectivity index (χ0v) is 14.5. The minimum Gasteiger partial charge on any atom is -0.492 e. The Hall–Kier alpha value is -1.86. The van der Waals surface area contributed by atoms with Crippen molar-refractivity contribution < 1.29 is 14.3 Å². The average molecular weight is 383 g/mol. The quantitative estimate of drug-likeness (QED) is 0.612. The highest BCUT2D eigenvalue weighted by Crippen LogP contribution is 2.36. The largest absolute Gasteiger partial charge is 0.492 e. The number of carbonyl (C=O) groups excluding carboxylic acids is 1. The van der Waals surface area contributed by atoms with Crippen LogP contribution in [0.15, 0.2) is 39.2 Å². The average Bonchev–Trinajstić information content (AvgIpc) is 3.01. The molecule has 0 bridgehead atoms. The smallest absolute Gasteiger partial charge is 0.281 e. The lowest BCUT2D eigenvalue weighted by atomic mass is 10.2. The molecule has 0 atom stereocenters. The van der Waals surface area contributed by atoms with Gasteiger partial charge in [0.05, 0.1) is 29.3 Å². The Morgan fingerprint density at radius 2 is 2.32 bits per heavy atom. The van der Waals surface area contributed by atoms with Gasteiger partial charge in [0.2, 0.25) is 0 Å². The number of nitrogens with zero attached hydrogens (tertiary/aromatic N) is 1. The first-order valence-corrected chi connectivity index (χ1v) is 8.20. The highest BCUT2D eigenvalue weighted by molar-refractivity contribution is 9.10. The van der Waals surface area contributed by atoms with E-state index in [4.69, 9.17) is 9.47 Å². The van der Waals surface area contributed by atoms with Gasteiger partial charge in [-0.05, 0) is 52.0 Å². The number of carbonyl (C=O) groups is 1. The number of nitrogens with one attached hydrogen (secondary N) is 1. The molecule has 22 heavy (non-hydrogen) atoms. The summed E-state index contributed by atoms with van der Waals surface area (Å²) >= 11 is 4.79. The molecule has 0 radical (unpaired) electrons. The predicted octanol–water partition coefficient (Wildman–Crippen LogP) is 3.68. The predicted molar refractivity (Wildman–Crippen MR) is 91.2 cm³/mol. The zero-order valence-electron chi connectivity index (χ0n) is 12.1. The third-order valence-electron chi connectivity index (χ3n) is 2.66. The molecule has 0 aliphatic rings. The second-order valence-electron chi connectivity index (χ2n) is 4.14. The van der Waals surface area contributed by atoms with Gasteiger partial charge in [0.25, 0.3) is 5.91 Å². The first kappa shape index (κ1) is 16.5. The SMILES string of the molecule is CCOc1cc(/C=N\NC(=O)c2cccs2)cc(Br)c1OC. The van der Waals surface area contributed by atoms with E-state index >= 15 is 0 Å². The van der Waals surface area contributed by atoms with Crippen molar-refractivity contribution in [3.63, 3.8) is 0 Å². The molecule has 0 saturated heterocycles. The van der Waals surface area contributed by atoms with Crippen molar-refractivity contribution in [2.75, 3.05) is 13.7 Å². The summed E-state index contributed by atoms with van der Waals surface area (Å²) in [5.41, 5.74) is 3.27. The number of hydrogen-bond acceptors (Lipinski definition) is 5. The summed E-state index contributed by atoms with van der Waals surface area (Å²) < 4.78 is 11.6. The molecule has 1 heterocycles. The summed E-state index contributed by atoms with van der Waals surface area (Å²) in [5.74, 6) is 1.01. The van der Waals surface area contributed by atoms with Crippen LogP contribution in [-0.4, -0.2) is 25.8 Å². The number of halogens is 1. The Morgan fingerprint density at radius 1 is 1.50 bits per heavy atom. The van der Waals surface area contributed by atoms with E-state index in [0.29, 0.717) is 23.0 Å². The number of methoxy groups -OCH3 is 1. The number of rotatable bonds is 6. The van der Waals surface area contributed by atoms with Gasteiger partial charge in [-0.25, -0.2) is 5.43 Å². The zero-order chi connectivity index (χ0) is 15.9. The second-order valence-corrected chi connectivity index (χ2v) is 5.95. The van der Waals surface area contributed by atoms with Gasteiger partial charge >= 0.3 is 0 Å². The number of thiophene rings is 1. The van der Waals surface area contributed by atoms with E-state index in [-0.39, 0.29) is 5.91 Å². The minimum atomic E-state index is -0.233. The summed E-state index contributed by atoms with van der Waals surface area (Å²) in [7, 11) is 1.58. The molecular weight excluding hydrogens is 368 g/mol. The van der Waals surface area contributed by atoms with Crippen molar-refractivity contribution in [1.29, 1.82) is 0 Å². The molecule has 0 unspecified atom stereocenters. The monoisotopic (exact) mass is 382 g/mol. The first-order valence-electron chi connectivity index (χ1n) is 6.53. The Balaban J connectivity index is 2.12. The molecular formula is C15H15BrN2O3S. The number of benzene rings is 1. The van der Waals surface area contributed by atoms with Gasteiger partial charge < -0.3 is 9.47 Å². The van der Waals surface area contributed by atoms with Crippen LogP contribution in [0.25, 0.3) is 0 Å². The molecule has 116 valence electrons. The molecule has 1 aromatic carbocycles. The van der Waals surface area contributed by atoms with E-state index in [1.807, 2.05) is 24.4 Å². The van der Waals surface area contributed by atoms with E-state index in [9.17, 15) is 4.79 Å². The van der Waals surface area contributed by atoms with Gasteiger partial charge in [0, 0.05) is 0 Å². The Labute approximate surface area is 141 Å². The molecule has 0 aliphatic heterocycles. The van der Waals surface area contributed by atoms with E-state index < -0.39 is 0 Å². The number of amides is 1. The number of hydrazone groups is 1. The van der Waals surface area contributed by atoms with Gasteiger partial charge in [-0.1, -0.05) is 6.07 Å².